The minimum absolute atomic E-state index is 0.0622. The van der Waals surface area contributed by atoms with Crippen molar-refractivity contribution >= 4 is 33.4 Å². The van der Waals surface area contributed by atoms with Gasteiger partial charge in [0.15, 0.2) is 0 Å². The number of aliphatic hydroxyl groups is 1. The zero-order valence-electron chi connectivity index (χ0n) is 12.5. The molecular weight excluding hydrogens is 396 g/mol. The number of carbonyl (C=O) groups is 1. The van der Waals surface area contributed by atoms with Crippen molar-refractivity contribution in [3.8, 4) is 11.8 Å². The Labute approximate surface area is 152 Å². The number of phenolic OH excluding ortho intramolecular Hbond substituents is 1. The van der Waals surface area contributed by atoms with E-state index >= 15 is 0 Å². The van der Waals surface area contributed by atoms with Crippen LogP contribution in [0.1, 0.15) is 21.5 Å². The Morgan fingerprint density at radius 2 is 2.00 bits per heavy atom. The van der Waals surface area contributed by atoms with E-state index in [9.17, 15) is 15.0 Å². The fourth-order valence-corrected chi connectivity index (χ4v) is 2.72. The first kappa shape index (κ1) is 18.3. The Bertz CT molecular complexity index is 788. The van der Waals surface area contributed by atoms with Gasteiger partial charge >= 0.3 is 0 Å². The maximum absolute atomic E-state index is 12.3. The molecule has 5 nitrogen and oxygen atoms in total. The van der Waals surface area contributed by atoms with Crippen molar-refractivity contribution in [2.75, 3.05) is 6.61 Å². The second-order valence-electron chi connectivity index (χ2n) is 5.15. The summed E-state index contributed by atoms with van der Waals surface area (Å²) in [6.07, 6.45) is 0.408. The fourth-order valence-electron chi connectivity index (χ4n) is 2.13. The number of benzene rings is 2. The van der Waals surface area contributed by atoms with Crippen molar-refractivity contribution in [2.24, 2.45) is 0 Å². The molecule has 1 atom stereocenters. The average Bonchev–Trinajstić information content (AvgIpc) is 2.58. The summed E-state index contributed by atoms with van der Waals surface area (Å²) in [5, 5.41) is 30.7. The number of amides is 1. The highest BCUT2D eigenvalue weighted by atomic mass is 79.9. The molecule has 1 amide bonds. The van der Waals surface area contributed by atoms with E-state index in [0.29, 0.717) is 16.5 Å². The SMILES string of the molecule is N#Cc1ccc(C[C@H](CO)NC(=O)c2cc(Br)c(O)cc2Cl)cc1. The van der Waals surface area contributed by atoms with Gasteiger partial charge in [-0.1, -0.05) is 23.7 Å². The van der Waals surface area contributed by atoms with Crippen LogP contribution >= 0.6 is 27.5 Å². The van der Waals surface area contributed by atoms with E-state index < -0.39 is 11.9 Å². The van der Waals surface area contributed by atoms with Gasteiger partial charge in [-0.25, -0.2) is 0 Å². The molecule has 124 valence electrons. The summed E-state index contributed by atoms with van der Waals surface area (Å²) in [5.41, 5.74) is 1.62. The number of aromatic hydroxyl groups is 1. The van der Waals surface area contributed by atoms with Crippen LogP contribution in [0, 0.1) is 11.3 Å². The van der Waals surface area contributed by atoms with Gasteiger partial charge in [0.25, 0.3) is 5.91 Å². The Kier molecular flexibility index (Phi) is 6.21. The van der Waals surface area contributed by atoms with Crippen molar-refractivity contribution in [1.29, 1.82) is 5.26 Å². The van der Waals surface area contributed by atoms with Gasteiger partial charge in [-0.3, -0.25) is 4.79 Å². The summed E-state index contributed by atoms with van der Waals surface area (Å²) in [6, 6.07) is 11.1. The van der Waals surface area contributed by atoms with Gasteiger partial charge in [0.2, 0.25) is 0 Å². The molecule has 2 aromatic carbocycles. The van der Waals surface area contributed by atoms with Gasteiger partial charge in [0.1, 0.15) is 5.75 Å². The molecule has 0 radical (unpaired) electrons. The first-order valence-electron chi connectivity index (χ1n) is 7.03. The lowest BCUT2D eigenvalue weighted by atomic mass is 10.0. The maximum atomic E-state index is 12.3. The molecule has 0 unspecified atom stereocenters. The van der Waals surface area contributed by atoms with Gasteiger partial charge in [0.05, 0.1) is 39.3 Å². The van der Waals surface area contributed by atoms with Crippen LogP contribution in [0.25, 0.3) is 0 Å². The van der Waals surface area contributed by atoms with Crippen LogP contribution in [0.4, 0.5) is 0 Å². The molecule has 2 aromatic rings. The Morgan fingerprint density at radius 3 is 2.58 bits per heavy atom. The third kappa shape index (κ3) is 4.48. The largest absolute Gasteiger partial charge is 0.507 e. The fraction of sp³-hybridized carbons (Fsp3) is 0.176. The minimum atomic E-state index is -0.505. The molecule has 0 aliphatic heterocycles. The van der Waals surface area contributed by atoms with Crippen LogP contribution in [0.5, 0.6) is 5.75 Å². The molecule has 2 rings (SSSR count). The van der Waals surface area contributed by atoms with E-state index in [1.54, 1.807) is 24.3 Å². The van der Waals surface area contributed by atoms with Gasteiger partial charge in [0, 0.05) is 6.07 Å². The van der Waals surface area contributed by atoms with Crippen LogP contribution < -0.4 is 5.32 Å². The number of aliphatic hydroxyl groups excluding tert-OH is 1. The molecule has 24 heavy (non-hydrogen) atoms. The van der Waals surface area contributed by atoms with Crippen molar-refractivity contribution in [2.45, 2.75) is 12.5 Å². The molecule has 0 heterocycles. The van der Waals surface area contributed by atoms with Gasteiger partial charge < -0.3 is 15.5 Å². The number of nitrogens with zero attached hydrogens (tertiary/aromatic N) is 1. The predicted octanol–water partition coefficient (Wildman–Crippen LogP) is 3.01. The highest BCUT2D eigenvalue weighted by molar-refractivity contribution is 9.10. The Hall–Kier alpha value is -2.07. The minimum Gasteiger partial charge on any atom is -0.507 e. The summed E-state index contributed by atoms with van der Waals surface area (Å²) in [6.45, 7) is -0.247. The second-order valence-corrected chi connectivity index (χ2v) is 6.41. The van der Waals surface area contributed by atoms with Gasteiger partial charge in [-0.2, -0.15) is 5.26 Å². The summed E-state index contributed by atoms with van der Waals surface area (Å²) < 4.78 is 0.352. The maximum Gasteiger partial charge on any atom is 0.253 e. The Balaban J connectivity index is 2.10. The number of hydrogen-bond acceptors (Lipinski definition) is 4. The number of rotatable bonds is 5. The number of carbonyl (C=O) groups excluding carboxylic acids is 1. The second kappa shape index (κ2) is 8.15. The molecule has 0 bridgehead atoms. The first-order valence-corrected chi connectivity index (χ1v) is 8.20. The van der Waals surface area contributed by atoms with Crippen LogP contribution in [0.3, 0.4) is 0 Å². The molecule has 0 fully saturated rings. The zero-order valence-corrected chi connectivity index (χ0v) is 14.8. The van der Waals surface area contributed by atoms with Crippen LogP contribution in [0.15, 0.2) is 40.9 Å². The number of halogens is 2. The third-order valence-corrected chi connectivity index (χ3v) is 4.35. The topological polar surface area (TPSA) is 93.4 Å². The zero-order chi connectivity index (χ0) is 17.7. The van der Waals surface area contributed by atoms with E-state index in [0.717, 1.165) is 5.56 Å². The number of phenols is 1. The lowest BCUT2D eigenvalue weighted by Gasteiger charge is -2.17. The highest BCUT2D eigenvalue weighted by Gasteiger charge is 2.17. The van der Waals surface area contributed by atoms with Crippen LogP contribution in [-0.4, -0.2) is 28.8 Å². The molecule has 0 aromatic heterocycles. The molecule has 0 saturated heterocycles. The highest BCUT2D eigenvalue weighted by Crippen LogP contribution is 2.30. The predicted molar refractivity (Wildman–Crippen MR) is 94.0 cm³/mol. The Morgan fingerprint density at radius 1 is 1.33 bits per heavy atom. The smallest absolute Gasteiger partial charge is 0.253 e. The number of hydrogen-bond donors (Lipinski definition) is 3. The van der Waals surface area contributed by atoms with Crippen molar-refractivity contribution in [3.05, 3.63) is 62.6 Å². The number of nitriles is 1. The van der Waals surface area contributed by atoms with E-state index in [4.69, 9.17) is 16.9 Å². The lowest BCUT2D eigenvalue weighted by molar-refractivity contribution is 0.0916. The van der Waals surface area contributed by atoms with Crippen LogP contribution in [0.2, 0.25) is 5.02 Å². The molecule has 3 N–H and O–H groups in total. The van der Waals surface area contributed by atoms with Gasteiger partial charge in [-0.15, -0.1) is 0 Å². The van der Waals surface area contributed by atoms with E-state index in [-0.39, 0.29) is 22.9 Å². The molecule has 0 saturated carbocycles. The molecule has 0 spiro atoms. The first-order chi connectivity index (χ1) is 11.4. The van der Waals surface area contributed by atoms with Crippen molar-refractivity contribution < 1.29 is 15.0 Å². The monoisotopic (exact) mass is 408 g/mol. The van der Waals surface area contributed by atoms with Crippen molar-refractivity contribution in [1.82, 2.24) is 5.32 Å². The quantitative estimate of drug-likeness (QED) is 0.707. The average molecular weight is 410 g/mol. The summed E-state index contributed by atoms with van der Waals surface area (Å²) in [7, 11) is 0. The van der Waals surface area contributed by atoms with Crippen molar-refractivity contribution in [3.63, 3.8) is 0 Å². The van der Waals surface area contributed by atoms with E-state index in [1.807, 2.05) is 6.07 Å². The van der Waals surface area contributed by atoms with E-state index in [1.165, 1.54) is 12.1 Å². The molecule has 0 aliphatic carbocycles. The van der Waals surface area contributed by atoms with Gasteiger partial charge in [-0.05, 0) is 46.1 Å². The summed E-state index contributed by atoms with van der Waals surface area (Å²) >= 11 is 9.12. The lowest BCUT2D eigenvalue weighted by Crippen LogP contribution is -2.39. The normalized spacial score (nSPS) is 11.6. The van der Waals surface area contributed by atoms with E-state index in [2.05, 4.69) is 21.2 Å². The summed E-state index contributed by atoms with van der Waals surface area (Å²) in [5.74, 6) is -0.513. The third-order valence-electron chi connectivity index (χ3n) is 3.40. The number of nitrogens with one attached hydrogen (secondary N) is 1. The summed E-state index contributed by atoms with van der Waals surface area (Å²) in [4.78, 5) is 12.3. The van der Waals surface area contributed by atoms with Crippen LogP contribution in [-0.2, 0) is 6.42 Å². The standard InChI is InChI=1S/C17H14BrClN2O3/c18-14-6-13(15(19)7-16(14)23)17(24)21-12(9-22)5-10-1-3-11(8-20)4-2-10/h1-4,6-7,12,22-23H,5,9H2,(H,21,24)/t12-/m1/s1. The molecular formula is C17H14BrClN2O3. The molecule has 0 aliphatic rings. The molecule has 7 heteroatoms.